The van der Waals surface area contributed by atoms with Gasteiger partial charge in [0.05, 0.1) is 6.61 Å². The molecular formula is C13H13N3O3. The van der Waals surface area contributed by atoms with E-state index in [1.807, 2.05) is 18.2 Å². The highest BCUT2D eigenvalue weighted by Crippen LogP contribution is 2.27. The number of hydrogen-bond acceptors (Lipinski definition) is 6. The van der Waals surface area contributed by atoms with Crippen LogP contribution in [0.2, 0.25) is 0 Å². The van der Waals surface area contributed by atoms with Gasteiger partial charge in [-0.3, -0.25) is 0 Å². The van der Waals surface area contributed by atoms with Crippen LogP contribution in [-0.4, -0.2) is 29.3 Å². The molecule has 2 heterocycles. The van der Waals surface area contributed by atoms with Crippen molar-refractivity contribution in [1.82, 2.24) is 10.1 Å². The van der Waals surface area contributed by atoms with Gasteiger partial charge in [-0.15, -0.1) is 0 Å². The van der Waals surface area contributed by atoms with Crippen LogP contribution in [0.25, 0.3) is 11.5 Å². The molecule has 98 valence electrons. The minimum Gasteiger partial charge on any atom is -0.460 e. The summed E-state index contributed by atoms with van der Waals surface area (Å²) in [6, 6.07) is 5.86. The van der Waals surface area contributed by atoms with Crippen LogP contribution in [0.5, 0.6) is 0 Å². The van der Waals surface area contributed by atoms with Gasteiger partial charge in [0.25, 0.3) is 11.7 Å². The molecule has 3 rings (SSSR count). The maximum absolute atomic E-state index is 11.5. The molecule has 19 heavy (non-hydrogen) atoms. The van der Waals surface area contributed by atoms with E-state index in [1.165, 1.54) is 5.56 Å². The van der Waals surface area contributed by atoms with E-state index in [2.05, 4.69) is 15.5 Å². The fraction of sp³-hybridized carbons (Fsp3) is 0.308. The summed E-state index contributed by atoms with van der Waals surface area (Å²) in [5.74, 6) is -0.284. The highest BCUT2D eigenvalue weighted by molar-refractivity contribution is 5.85. The third kappa shape index (κ3) is 2.16. The number of nitrogens with one attached hydrogen (secondary N) is 1. The number of anilines is 1. The van der Waals surface area contributed by atoms with Crippen LogP contribution in [0.3, 0.4) is 0 Å². The predicted molar refractivity (Wildman–Crippen MR) is 67.9 cm³/mol. The Morgan fingerprint density at radius 3 is 3.26 bits per heavy atom. The van der Waals surface area contributed by atoms with E-state index in [-0.39, 0.29) is 12.4 Å². The summed E-state index contributed by atoms with van der Waals surface area (Å²) in [6.45, 7) is 2.95. The van der Waals surface area contributed by atoms with E-state index < -0.39 is 5.97 Å². The second kappa shape index (κ2) is 4.72. The van der Waals surface area contributed by atoms with Crippen molar-refractivity contribution in [3.63, 3.8) is 0 Å². The SMILES string of the molecule is CCOC(=O)c1noc(-c2ccc3c(c2)CCN3)n1. The average Bonchev–Trinajstić information content (AvgIpc) is 3.07. The van der Waals surface area contributed by atoms with Gasteiger partial charge >= 0.3 is 5.97 Å². The van der Waals surface area contributed by atoms with Crippen molar-refractivity contribution in [3.05, 3.63) is 29.6 Å². The number of carbonyl (C=O) groups is 1. The van der Waals surface area contributed by atoms with Crippen LogP contribution < -0.4 is 5.32 Å². The van der Waals surface area contributed by atoms with Crippen molar-refractivity contribution in [3.8, 4) is 11.5 Å². The standard InChI is InChI=1S/C13H13N3O3/c1-2-18-13(17)11-15-12(19-16-11)9-3-4-10-8(7-9)5-6-14-10/h3-4,7,14H,2,5-6H2,1H3. The van der Waals surface area contributed by atoms with Crippen molar-refractivity contribution in [2.75, 3.05) is 18.5 Å². The molecule has 0 atom stereocenters. The molecule has 0 amide bonds. The number of carbonyl (C=O) groups excluding carboxylic acids is 1. The van der Waals surface area contributed by atoms with Crippen LogP contribution in [0, 0.1) is 0 Å². The number of esters is 1. The van der Waals surface area contributed by atoms with Gasteiger partial charge < -0.3 is 14.6 Å². The normalized spacial score (nSPS) is 12.9. The Bertz CT molecular complexity index is 621. The van der Waals surface area contributed by atoms with Crippen molar-refractivity contribution in [2.24, 2.45) is 0 Å². The lowest BCUT2D eigenvalue weighted by molar-refractivity contribution is 0.0508. The minimum atomic E-state index is -0.569. The monoisotopic (exact) mass is 259 g/mol. The zero-order chi connectivity index (χ0) is 13.2. The number of ether oxygens (including phenoxy) is 1. The Morgan fingerprint density at radius 2 is 2.42 bits per heavy atom. The molecule has 0 bridgehead atoms. The van der Waals surface area contributed by atoms with Crippen LogP contribution >= 0.6 is 0 Å². The molecule has 1 aromatic carbocycles. The van der Waals surface area contributed by atoms with Crippen LogP contribution in [-0.2, 0) is 11.2 Å². The van der Waals surface area contributed by atoms with Crippen molar-refractivity contribution >= 4 is 11.7 Å². The molecule has 0 radical (unpaired) electrons. The van der Waals surface area contributed by atoms with E-state index in [4.69, 9.17) is 9.26 Å². The molecule has 1 aliphatic heterocycles. The lowest BCUT2D eigenvalue weighted by atomic mass is 10.1. The highest BCUT2D eigenvalue weighted by atomic mass is 16.5. The van der Waals surface area contributed by atoms with E-state index in [0.717, 1.165) is 24.2 Å². The zero-order valence-electron chi connectivity index (χ0n) is 10.5. The van der Waals surface area contributed by atoms with Crippen LogP contribution in [0.4, 0.5) is 5.69 Å². The first-order valence-corrected chi connectivity index (χ1v) is 6.16. The fourth-order valence-electron chi connectivity index (χ4n) is 2.06. The number of rotatable bonds is 3. The van der Waals surface area contributed by atoms with Gasteiger partial charge in [-0.05, 0) is 42.3 Å². The first-order chi connectivity index (χ1) is 9.28. The minimum absolute atomic E-state index is 0.0459. The Hall–Kier alpha value is -2.37. The second-order valence-electron chi connectivity index (χ2n) is 4.19. The first kappa shape index (κ1) is 11.7. The summed E-state index contributed by atoms with van der Waals surface area (Å²) in [7, 11) is 0. The third-order valence-electron chi connectivity index (χ3n) is 2.95. The molecule has 0 aliphatic carbocycles. The van der Waals surface area contributed by atoms with Gasteiger partial charge in [0.2, 0.25) is 0 Å². The van der Waals surface area contributed by atoms with E-state index in [9.17, 15) is 4.79 Å². The largest absolute Gasteiger partial charge is 0.460 e. The van der Waals surface area contributed by atoms with Crippen LogP contribution in [0.15, 0.2) is 22.7 Å². The lowest BCUT2D eigenvalue weighted by Crippen LogP contribution is -2.06. The number of aromatic nitrogens is 2. The third-order valence-corrected chi connectivity index (χ3v) is 2.95. The molecule has 6 heteroatoms. The zero-order valence-corrected chi connectivity index (χ0v) is 10.5. The second-order valence-corrected chi connectivity index (χ2v) is 4.19. The summed E-state index contributed by atoms with van der Waals surface area (Å²) < 4.78 is 9.91. The molecule has 1 N–H and O–H groups in total. The quantitative estimate of drug-likeness (QED) is 0.848. The molecule has 0 saturated heterocycles. The maximum Gasteiger partial charge on any atom is 0.379 e. The smallest absolute Gasteiger partial charge is 0.379 e. The summed E-state index contributed by atoms with van der Waals surface area (Å²) in [4.78, 5) is 15.5. The number of fused-ring (bicyclic) bond motifs is 1. The number of hydrogen-bond donors (Lipinski definition) is 1. The predicted octanol–water partition coefficient (Wildman–Crippen LogP) is 1.88. The van der Waals surface area contributed by atoms with Gasteiger partial charge in [0, 0.05) is 17.8 Å². The number of nitrogens with zero attached hydrogens (tertiary/aromatic N) is 2. The fourth-order valence-corrected chi connectivity index (χ4v) is 2.06. The molecule has 0 saturated carbocycles. The van der Waals surface area contributed by atoms with Gasteiger partial charge in [-0.2, -0.15) is 4.98 Å². The van der Waals surface area contributed by atoms with Crippen LogP contribution in [0.1, 0.15) is 23.1 Å². The van der Waals surface area contributed by atoms with E-state index >= 15 is 0 Å². The molecule has 6 nitrogen and oxygen atoms in total. The average molecular weight is 259 g/mol. The molecule has 0 fully saturated rings. The summed E-state index contributed by atoms with van der Waals surface area (Å²) in [6.07, 6.45) is 0.974. The maximum atomic E-state index is 11.5. The number of benzene rings is 1. The molecule has 1 aliphatic rings. The van der Waals surface area contributed by atoms with E-state index in [1.54, 1.807) is 6.92 Å². The topological polar surface area (TPSA) is 77.2 Å². The summed E-state index contributed by atoms with van der Waals surface area (Å²) >= 11 is 0. The van der Waals surface area contributed by atoms with Gasteiger partial charge in [0.15, 0.2) is 0 Å². The van der Waals surface area contributed by atoms with Gasteiger partial charge in [0.1, 0.15) is 0 Å². The Labute approximate surface area is 109 Å². The summed E-state index contributed by atoms with van der Waals surface area (Å²) in [5, 5.41) is 6.91. The first-order valence-electron chi connectivity index (χ1n) is 6.16. The van der Waals surface area contributed by atoms with Crippen molar-refractivity contribution in [2.45, 2.75) is 13.3 Å². The Balaban J connectivity index is 1.88. The van der Waals surface area contributed by atoms with E-state index in [0.29, 0.717) is 5.89 Å². The Kier molecular flexibility index (Phi) is 2.91. The molecule has 0 unspecified atom stereocenters. The molecular weight excluding hydrogens is 246 g/mol. The van der Waals surface area contributed by atoms with Gasteiger partial charge in [-0.25, -0.2) is 4.79 Å². The van der Waals surface area contributed by atoms with Gasteiger partial charge in [-0.1, -0.05) is 0 Å². The summed E-state index contributed by atoms with van der Waals surface area (Å²) in [5.41, 5.74) is 3.16. The van der Waals surface area contributed by atoms with Crippen molar-refractivity contribution < 1.29 is 14.1 Å². The molecule has 1 aromatic heterocycles. The Morgan fingerprint density at radius 1 is 1.53 bits per heavy atom. The van der Waals surface area contributed by atoms with Crippen molar-refractivity contribution in [1.29, 1.82) is 0 Å². The molecule has 2 aromatic rings. The highest BCUT2D eigenvalue weighted by Gasteiger charge is 2.18. The molecule has 0 spiro atoms. The lowest BCUT2D eigenvalue weighted by Gasteiger charge is -2.00.